The monoisotopic (exact) mass is 227 g/mol. The topological polar surface area (TPSA) is 59.2 Å². The predicted octanol–water partition coefficient (Wildman–Crippen LogP) is 1.20. The van der Waals surface area contributed by atoms with Gasteiger partial charge >= 0.3 is 0 Å². The fraction of sp³-hybridized carbons (Fsp3) is 0.600. The van der Waals surface area contributed by atoms with Crippen molar-refractivity contribution < 1.29 is 4.79 Å². The van der Waals surface area contributed by atoms with Gasteiger partial charge in [-0.15, -0.1) is 11.3 Å². The predicted molar refractivity (Wildman–Crippen MR) is 61.9 cm³/mol. The smallest absolute Gasteiger partial charge is 0.273 e. The average molecular weight is 227 g/mol. The minimum atomic E-state index is -0.0551. The highest BCUT2D eigenvalue weighted by Crippen LogP contribution is 2.15. The standard InChI is InChI=1S/C10H17N3OS/c1-10(2,5-11)6-13(3)9(14)8-4-15-7-12-8/h4,7H,5-6,11H2,1-3H3. The second-order valence-corrected chi connectivity index (χ2v) is 5.12. The third-order valence-electron chi connectivity index (χ3n) is 2.22. The van der Waals surface area contributed by atoms with E-state index in [2.05, 4.69) is 4.98 Å². The number of amides is 1. The van der Waals surface area contributed by atoms with E-state index in [1.165, 1.54) is 11.3 Å². The van der Waals surface area contributed by atoms with Gasteiger partial charge in [0.05, 0.1) is 5.51 Å². The molecule has 5 heteroatoms. The quantitative estimate of drug-likeness (QED) is 0.841. The van der Waals surface area contributed by atoms with E-state index in [1.54, 1.807) is 22.8 Å². The molecular formula is C10H17N3OS. The average Bonchev–Trinajstić information content (AvgIpc) is 2.68. The van der Waals surface area contributed by atoms with Gasteiger partial charge in [0.15, 0.2) is 0 Å². The molecule has 0 bridgehead atoms. The number of rotatable bonds is 4. The molecular weight excluding hydrogens is 210 g/mol. The van der Waals surface area contributed by atoms with E-state index >= 15 is 0 Å². The maximum atomic E-state index is 11.8. The van der Waals surface area contributed by atoms with E-state index in [4.69, 9.17) is 5.73 Å². The Labute approximate surface area is 94.1 Å². The fourth-order valence-corrected chi connectivity index (χ4v) is 1.82. The first kappa shape index (κ1) is 12.1. The van der Waals surface area contributed by atoms with Gasteiger partial charge in [0, 0.05) is 19.0 Å². The molecule has 0 atom stereocenters. The molecule has 1 rings (SSSR count). The van der Waals surface area contributed by atoms with Crippen LogP contribution in [-0.2, 0) is 0 Å². The second-order valence-electron chi connectivity index (χ2n) is 4.40. The van der Waals surface area contributed by atoms with Gasteiger partial charge in [-0.25, -0.2) is 4.98 Å². The molecule has 1 amide bonds. The summed E-state index contributed by atoms with van der Waals surface area (Å²) < 4.78 is 0. The number of carbonyl (C=O) groups excluding carboxylic acids is 1. The molecule has 1 heterocycles. The number of carbonyl (C=O) groups is 1. The van der Waals surface area contributed by atoms with Crippen LogP contribution < -0.4 is 5.73 Å². The van der Waals surface area contributed by atoms with Gasteiger partial charge < -0.3 is 10.6 Å². The van der Waals surface area contributed by atoms with Crippen molar-refractivity contribution >= 4 is 17.2 Å². The molecule has 0 fully saturated rings. The van der Waals surface area contributed by atoms with Crippen LogP contribution in [0.4, 0.5) is 0 Å². The van der Waals surface area contributed by atoms with Gasteiger partial charge in [-0.2, -0.15) is 0 Å². The van der Waals surface area contributed by atoms with E-state index in [-0.39, 0.29) is 11.3 Å². The van der Waals surface area contributed by atoms with Crippen LogP contribution in [0.25, 0.3) is 0 Å². The maximum absolute atomic E-state index is 11.8. The summed E-state index contributed by atoms with van der Waals surface area (Å²) >= 11 is 1.43. The second kappa shape index (κ2) is 4.72. The molecule has 0 spiro atoms. The number of nitrogens with zero attached hydrogens (tertiary/aromatic N) is 2. The molecule has 0 unspecified atom stereocenters. The molecule has 0 saturated carbocycles. The van der Waals surface area contributed by atoms with Crippen molar-refractivity contribution in [1.82, 2.24) is 9.88 Å². The summed E-state index contributed by atoms with van der Waals surface area (Å²) in [5.41, 5.74) is 7.74. The molecule has 0 radical (unpaired) electrons. The lowest BCUT2D eigenvalue weighted by Crippen LogP contribution is -2.39. The third kappa shape index (κ3) is 3.28. The lowest BCUT2D eigenvalue weighted by molar-refractivity contribution is 0.0735. The Morgan fingerprint density at radius 2 is 2.33 bits per heavy atom. The van der Waals surface area contributed by atoms with Crippen molar-refractivity contribution in [2.24, 2.45) is 11.1 Å². The van der Waals surface area contributed by atoms with Gasteiger partial charge in [-0.1, -0.05) is 13.8 Å². The van der Waals surface area contributed by atoms with Crippen molar-refractivity contribution in [1.29, 1.82) is 0 Å². The molecule has 0 aliphatic heterocycles. The van der Waals surface area contributed by atoms with E-state index in [0.717, 1.165) is 0 Å². The maximum Gasteiger partial charge on any atom is 0.273 e. The van der Waals surface area contributed by atoms with E-state index < -0.39 is 0 Å². The summed E-state index contributed by atoms with van der Waals surface area (Å²) in [5, 5.41) is 1.76. The van der Waals surface area contributed by atoms with Gasteiger partial charge in [0.25, 0.3) is 5.91 Å². The van der Waals surface area contributed by atoms with Crippen LogP contribution in [0, 0.1) is 5.41 Å². The Hall–Kier alpha value is -0.940. The first-order valence-electron chi connectivity index (χ1n) is 4.80. The molecule has 15 heavy (non-hydrogen) atoms. The van der Waals surface area contributed by atoms with Crippen LogP contribution in [0.2, 0.25) is 0 Å². The molecule has 0 saturated heterocycles. The third-order valence-corrected chi connectivity index (χ3v) is 2.80. The Morgan fingerprint density at radius 1 is 1.67 bits per heavy atom. The van der Waals surface area contributed by atoms with Crippen LogP contribution in [0.5, 0.6) is 0 Å². The summed E-state index contributed by atoms with van der Waals surface area (Å²) in [4.78, 5) is 17.5. The van der Waals surface area contributed by atoms with Crippen LogP contribution in [0.3, 0.4) is 0 Å². The van der Waals surface area contributed by atoms with E-state index in [1.807, 2.05) is 13.8 Å². The van der Waals surface area contributed by atoms with Crippen molar-refractivity contribution in [3.05, 3.63) is 16.6 Å². The Kier molecular flexibility index (Phi) is 3.82. The largest absolute Gasteiger partial charge is 0.340 e. The Bertz CT molecular complexity index is 321. The van der Waals surface area contributed by atoms with Gasteiger partial charge in [0.1, 0.15) is 5.69 Å². The van der Waals surface area contributed by atoms with Crippen LogP contribution in [0.1, 0.15) is 24.3 Å². The number of nitrogens with two attached hydrogens (primary N) is 1. The lowest BCUT2D eigenvalue weighted by Gasteiger charge is -2.28. The summed E-state index contributed by atoms with van der Waals surface area (Å²) in [6, 6.07) is 0. The molecule has 4 nitrogen and oxygen atoms in total. The SMILES string of the molecule is CN(CC(C)(C)CN)C(=O)c1cscn1. The van der Waals surface area contributed by atoms with E-state index in [9.17, 15) is 4.79 Å². The van der Waals surface area contributed by atoms with Crippen LogP contribution >= 0.6 is 11.3 Å². The zero-order valence-electron chi connectivity index (χ0n) is 9.36. The minimum Gasteiger partial charge on any atom is -0.340 e. The Balaban J connectivity index is 2.62. The molecule has 0 aromatic carbocycles. The van der Waals surface area contributed by atoms with Crippen molar-refractivity contribution in [2.75, 3.05) is 20.1 Å². The first-order chi connectivity index (χ1) is 6.96. The highest BCUT2D eigenvalue weighted by Gasteiger charge is 2.22. The zero-order valence-corrected chi connectivity index (χ0v) is 10.2. The fourth-order valence-electron chi connectivity index (χ4n) is 1.29. The molecule has 1 aromatic rings. The summed E-state index contributed by atoms with van der Waals surface area (Å²) in [7, 11) is 1.78. The van der Waals surface area contributed by atoms with E-state index in [0.29, 0.717) is 18.8 Å². The number of thiazole rings is 1. The van der Waals surface area contributed by atoms with Gasteiger partial charge in [-0.05, 0) is 12.0 Å². The minimum absolute atomic E-state index is 0.0437. The summed E-state index contributed by atoms with van der Waals surface area (Å²) in [6.45, 7) is 5.27. The first-order valence-corrected chi connectivity index (χ1v) is 5.74. The normalized spacial score (nSPS) is 11.5. The van der Waals surface area contributed by atoms with Crippen LogP contribution in [0.15, 0.2) is 10.9 Å². The molecule has 0 aliphatic carbocycles. The molecule has 0 aliphatic rings. The highest BCUT2D eigenvalue weighted by molar-refractivity contribution is 7.07. The lowest BCUT2D eigenvalue weighted by atomic mass is 9.93. The van der Waals surface area contributed by atoms with Crippen molar-refractivity contribution in [2.45, 2.75) is 13.8 Å². The highest BCUT2D eigenvalue weighted by atomic mass is 32.1. The van der Waals surface area contributed by atoms with Crippen LogP contribution in [-0.4, -0.2) is 35.9 Å². The number of aromatic nitrogens is 1. The van der Waals surface area contributed by atoms with Crippen molar-refractivity contribution in [3.8, 4) is 0 Å². The number of hydrogen-bond donors (Lipinski definition) is 1. The van der Waals surface area contributed by atoms with Gasteiger partial charge in [0.2, 0.25) is 0 Å². The Morgan fingerprint density at radius 3 is 2.80 bits per heavy atom. The molecule has 1 aromatic heterocycles. The summed E-state index contributed by atoms with van der Waals surface area (Å²) in [6.07, 6.45) is 0. The molecule has 84 valence electrons. The van der Waals surface area contributed by atoms with Crippen molar-refractivity contribution in [3.63, 3.8) is 0 Å². The van der Waals surface area contributed by atoms with Gasteiger partial charge in [-0.3, -0.25) is 4.79 Å². The number of hydrogen-bond acceptors (Lipinski definition) is 4. The molecule has 2 N–H and O–H groups in total. The zero-order chi connectivity index (χ0) is 11.5. The summed E-state index contributed by atoms with van der Waals surface area (Å²) in [5.74, 6) is -0.0437.